The molecule has 78 valence electrons. The minimum Gasteiger partial charge on any atom is -0.352 e. The van der Waals surface area contributed by atoms with Crippen LogP contribution in [0.15, 0.2) is 16.6 Å². The van der Waals surface area contributed by atoms with Crippen LogP contribution in [0.2, 0.25) is 0 Å². The highest BCUT2D eigenvalue weighted by Crippen LogP contribution is 2.28. The fourth-order valence-electron chi connectivity index (χ4n) is 1.07. The third-order valence-electron chi connectivity index (χ3n) is 1.72. The molecule has 0 aliphatic carbocycles. The van der Waals surface area contributed by atoms with E-state index in [0.717, 1.165) is 8.04 Å². The summed E-state index contributed by atoms with van der Waals surface area (Å²) in [6, 6.07) is 3.10. The summed E-state index contributed by atoms with van der Waals surface area (Å²) < 4.78 is 25.1. The quantitative estimate of drug-likeness (QED) is 0.458. The molecule has 1 rings (SSSR count). The van der Waals surface area contributed by atoms with E-state index < -0.39 is 6.29 Å². The molecular formula is C9H9BrFIO2. The lowest BCUT2D eigenvalue weighted by Crippen LogP contribution is -2.06. The maximum absolute atomic E-state index is 13.5. The molecule has 0 amide bonds. The number of hydrogen-bond acceptors (Lipinski definition) is 2. The average Bonchev–Trinajstić information content (AvgIpc) is 2.15. The van der Waals surface area contributed by atoms with E-state index in [9.17, 15) is 4.39 Å². The summed E-state index contributed by atoms with van der Waals surface area (Å²) in [5, 5.41) is 0. The molecule has 0 saturated heterocycles. The molecule has 0 aromatic heterocycles. The van der Waals surface area contributed by atoms with E-state index in [-0.39, 0.29) is 5.82 Å². The predicted molar refractivity (Wildman–Crippen MR) is 63.6 cm³/mol. The highest BCUT2D eigenvalue weighted by molar-refractivity contribution is 14.1. The van der Waals surface area contributed by atoms with Crippen molar-refractivity contribution in [1.29, 1.82) is 0 Å². The Hall–Kier alpha value is 0.280. The second kappa shape index (κ2) is 5.39. The fraction of sp³-hybridized carbons (Fsp3) is 0.333. The minimum atomic E-state index is -0.656. The number of ether oxygens (including phenoxy) is 2. The molecule has 0 atom stereocenters. The lowest BCUT2D eigenvalue weighted by Gasteiger charge is -2.15. The molecule has 0 fully saturated rings. The Morgan fingerprint density at radius 2 is 1.93 bits per heavy atom. The number of halogens is 3. The zero-order valence-electron chi connectivity index (χ0n) is 7.68. The summed E-state index contributed by atoms with van der Waals surface area (Å²) in [6.07, 6.45) is -0.656. The van der Waals surface area contributed by atoms with Crippen molar-refractivity contribution in [2.75, 3.05) is 14.2 Å². The Balaban J connectivity index is 3.14. The van der Waals surface area contributed by atoms with Gasteiger partial charge in [-0.15, -0.1) is 0 Å². The normalized spacial score (nSPS) is 11.0. The fourth-order valence-corrected chi connectivity index (χ4v) is 1.88. The van der Waals surface area contributed by atoms with Gasteiger partial charge < -0.3 is 9.47 Å². The smallest absolute Gasteiger partial charge is 0.185 e. The highest BCUT2D eigenvalue weighted by atomic mass is 127. The number of benzene rings is 1. The van der Waals surface area contributed by atoms with Crippen LogP contribution in [0.25, 0.3) is 0 Å². The molecule has 14 heavy (non-hydrogen) atoms. The van der Waals surface area contributed by atoms with Gasteiger partial charge in [0.05, 0.1) is 0 Å². The molecule has 0 bridgehead atoms. The summed E-state index contributed by atoms with van der Waals surface area (Å²) >= 11 is 5.35. The van der Waals surface area contributed by atoms with E-state index in [4.69, 9.17) is 9.47 Å². The van der Waals surface area contributed by atoms with Gasteiger partial charge >= 0.3 is 0 Å². The molecule has 1 aromatic carbocycles. The van der Waals surface area contributed by atoms with Gasteiger partial charge in [0.15, 0.2) is 6.29 Å². The van der Waals surface area contributed by atoms with Crippen LogP contribution in [0.4, 0.5) is 4.39 Å². The van der Waals surface area contributed by atoms with Gasteiger partial charge in [0.2, 0.25) is 0 Å². The van der Waals surface area contributed by atoms with Crippen molar-refractivity contribution < 1.29 is 13.9 Å². The Morgan fingerprint density at radius 1 is 1.36 bits per heavy atom. The van der Waals surface area contributed by atoms with Crippen molar-refractivity contribution in [2.45, 2.75) is 6.29 Å². The van der Waals surface area contributed by atoms with Crippen LogP contribution >= 0.6 is 38.5 Å². The van der Waals surface area contributed by atoms with Gasteiger partial charge in [-0.3, -0.25) is 0 Å². The van der Waals surface area contributed by atoms with Crippen LogP contribution in [0.1, 0.15) is 11.9 Å². The molecule has 5 heteroatoms. The third-order valence-corrected chi connectivity index (χ3v) is 4.01. The molecule has 0 spiro atoms. The molecule has 0 aliphatic heterocycles. The molecule has 0 saturated carbocycles. The van der Waals surface area contributed by atoms with Gasteiger partial charge in [-0.2, -0.15) is 0 Å². The SMILES string of the molecule is COC(OC)c1cc(I)c(Br)cc1F. The van der Waals surface area contributed by atoms with Crippen molar-refractivity contribution in [3.8, 4) is 0 Å². The Morgan fingerprint density at radius 3 is 2.43 bits per heavy atom. The lowest BCUT2D eigenvalue weighted by atomic mass is 10.2. The second-order valence-corrected chi connectivity index (χ2v) is 4.61. The molecule has 0 unspecified atom stereocenters. The van der Waals surface area contributed by atoms with Crippen LogP contribution in [0, 0.1) is 9.39 Å². The van der Waals surface area contributed by atoms with Crippen molar-refractivity contribution >= 4 is 38.5 Å². The van der Waals surface area contributed by atoms with Gasteiger partial charge in [-0.05, 0) is 50.7 Å². The molecule has 0 aliphatic rings. The van der Waals surface area contributed by atoms with Crippen LogP contribution in [-0.2, 0) is 9.47 Å². The minimum absolute atomic E-state index is 0.342. The zero-order chi connectivity index (χ0) is 10.7. The maximum Gasteiger partial charge on any atom is 0.185 e. The zero-order valence-corrected chi connectivity index (χ0v) is 11.4. The van der Waals surface area contributed by atoms with Crippen LogP contribution in [-0.4, -0.2) is 14.2 Å². The lowest BCUT2D eigenvalue weighted by molar-refractivity contribution is -0.107. The van der Waals surface area contributed by atoms with E-state index in [0.29, 0.717) is 5.56 Å². The average molecular weight is 375 g/mol. The van der Waals surface area contributed by atoms with E-state index in [2.05, 4.69) is 38.5 Å². The van der Waals surface area contributed by atoms with Gasteiger partial charge in [-0.25, -0.2) is 4.39 Å². The van der Waals surface area contributed by atoms with Crippen LogP contribution < -0.4 is 0 Å². The predicted octanol–water partition coefficient (Wildman–Crippen LogP) is 3.48. The van der Waals surface area contributed by atoms with E-state index in [1.165, 1.54) is 20.3 Å². The molecule has 2 nitrogen and oxygen atoms in total. The van der Waals surface area contributed by atoms with Gasteiger partial charge in [-0.1, -0.05) is 0 Å². The monoisotopic (exact) mass is 374 g/mol. The molecule has 0 radical (unpaired) electrons. The summed E-state index contributed by atoms with van der Waals surface area (Å²) in [5.74, 6) is -0.342. The standard InChI is InChI=1S/C9H9BrFIO2/c1-13-9(14-2)5-3-8(12)6(10)4-7(5)11/h3-4,9H,1-2H3. The molecular weight excluding hydrogens is 366 g/mol. The first-order chi connectivity index (χ1) is 6.60. The van der Waals surface area contributed by atoms with Gasteiger partial charge in [0.1, 0.15) is 5.82 Å². The van der Waals surface area contributed by atoms with Crippen LogP contribution in [0.3, 0.4) is 0 Å². The van der Waals surface area contributed by atoms with Crippen molar-refractivity contribution in [2.24, 2.45) is 0 Å². The summed E-state index contributed by atoms with van der Waals surface area (Å²) in [7, 11) is 2.95. The van der Waals surface area contributed by atoms with Gasteiger partial charge in [0, 0.05) is 27.8 Å². The third kappa shape index (κ3) is 2.65. The van der Waals surface area contributed by atoms with E-state index in [1.807, 2.05) is 0 Å². The summed E-state index contributed by atoms with van der Waals surface area (Å²) in [4.78, 5) is 0. The van der Waals surface area contributed by atoms with Crippen molar-refractivity contribution in [3.63, 3.8) is 0 Å². The maximum atomic E-state index is 13.5. The van der Waals surface area contributed by atoms with E-state index in [1.54, 1.807) is 6.07 Å². The van der Waals surface area contributed by atoms with Crippen molar-refractivity contribution in [1.82, 2.24) is 0 Å². The first-order valence-corrected chi connectivity index (χ1v) is 5.67. The van der Waals surface area contributed by atoms with Crippen molar-refractivity contribution in [3.05, 3.63) is 31.6 Å². The van der Waals surface area contributed by atoms with E-state index >= 15 is 0 Å². The highest BCUT2D eigenvalue weighted by Gasteiger charge is 2.16. The molecule has 0 N–H and O–H groups in total. The topological polar surface area (TPSA) is 18.5 Å². The Labute approximate surface area is 104 Å². The van der Waals surface area contributed by atoms with Crippen LogP contribution in [0.5, 0.6) is 0 Å². The first kappa shape index (κ1) is 12.4. The molecule has 1 aromatic rings. The number of hydrogen-bond donors (Lipinski definition) is 0. The largest absolute Gasteiger partial charge is 0.352 e. The van der Waals surface area contributed by atoms with Gasteiger partial charge in [0.25, 0.3) is 0 Å². The number of methoxy groups -OCH3 is 2. The summed E-state index contributed by atoms with van der Waals surface area (Å²) in [5.41, 5.74) is 0.405. The number of rotatable bonds is 3. The molecule has 0 heterocycles. The Bertz CT molecular complexity index is 329. The second-order valence-electron chi connectivity index (χ2n) is 2.59. The first-order valence-electron chi connectivity index (χ1n) is 3.80. The summed E-state index contributed by atoms with van der Waals surface area (Å²) in [6.45, 7) is 0. The Kier molecular flexibility index (Phi) is 4.75.